The van der Waals surface area contributed by atoms with E-state index in [2.05, 4.69) is 26.8 Å². The van der Waals surface area contributed by atoms with Crippen LogP contribution in [0, 0.1) is 0 Å². The van der Waals surface area contributed by atoms with Crippen molar-refractivity contribution < 1.29 is 23.7 Å². The third kappa shape index (κ3) is 7.34. The predicted molar refractivity (Wildman–Crippen MR) is 153 cm³/mol. The zero-order valence-electron chi connectivity index (χ0n) is 22.3. The Morgan fingerprint density at radius 1 is 1.00 bits per heavy atom. The molecule has 2 heterocycles. The first-order valence-corrected chi connectivity index (χ1v) is 13.3. The molecule has 0 aliphatic carbocycles. The van der Waals surface area contributed by atoms with Crippen LogP contribution < -0.4 is 19.5 Å². The summed E-state index contributed by atoms with van der Waals surface area (Å²) < 4.78 is 22.9. The fourth-order valence-electron chi connectivity index (χ4n) is 4.31. The summed E-state index contributed by atoms with van der Waals surface area (Å²) in [5.41, 5.74) is 2.58. The summed E-state index contributed by atoms with van der Waals surface area (Å²) in [5.74, 6) is 1.48. The summed E-state index contributed by atoms with van der Waals surface area (Å²) in [4.78, 5) is 23.3. The molecule has 3 aromatic carbocycles. The van der Waals surface area contributed by atoms with Gasteiger partial charge in [0.2, 0.25) is 0 Å². The average molecular weight is 541 g/mol. The molecule has 1 fully saturated rings. The van der Waals surface area contributed by atoms with Gasteiger partial charge in [-0.3, -0.25) is 4.90 Å². The van der Waals surface area contributed by atoms with E-state index in [0.29, 0.717) is 35.7 Å². The largest absolute Gasteiger partial charge is 0.490 e. The molecule has 9 heteroatoms. The molecule has 0 atom stereocenters. The normalized spacial score (nSPS) is 13.5. The van der Waals surface area contributed by atoms with Crippen LogP contribution in [0.1, 0.15) is 12.0 Å². The lowest BCUT2D eigenvalue weighted by molar-refractivity contribution is -0.129. The van der Waals surface area contributed by atoms with Gasteiger partial charge in [0, 0.05) is 42.9 Å². The summed E-state index contributed by atoms with van der Waals surface area (Å²) in [7, 11) is 0. The van der Waals surface area contributed by atoms with E-state index in [-0.39, 0.29) is 5.75 Å². The van der Waals surface area contributed by atoms with E-state index in [1.807, 2.05) is 54.6 Å². The SMILES string of the molecule is C=CC(=O)Oc1cc2c(Nc3ccc(OCc4ccccc4)cc3)ncnc2cc1OCCCN1CCOCC1. The second-order valence-corrected chi connectivity index (χ2v) is 9.24. The number of nitrogens with one attached hydrogen (secondary N) is 1. The van der Waals surface area contributed by atoms with Crippen molar-refractivity contribution in [2.45, 2.75) is 13.0 Å². The highest BCUT2D eigenvalue weighted by Gasteiger charge is 2.15. The number of benzene rings is 3. The number of esters is 1. The highest BCUT2D eigenvalue weighted by atomic mass is 16.6. The Labute approximate surface area is 233 Å². The van der Waals surface area contributed by atoms with E-state index >= 15 is 0 Å². The minimum atomic E-state index is -0.574. The minimum absolute atomic E-state index is 0.284. The van der Waals surface area contributed by atoms with E-state index in [0.717, 1.165) is 62.3 Å². The Balaban J connectivity index is 1.28. The van der Waals surface area contributed by atoms with Crippen LogP contribution in [0.15, 0.2) is 85.7 Å². The van der Waals surface area contributed by atoms with Gasteiger partial charge >= 0.3 is 5.97 Å². The maximum Gasteiger partial charge on any atom is 0.335 e. The Kier molecular flexibility index (Phi) is 9.18. The standard InChI is InChI=1S/C31H32N4O5/c1-2-30(36)40-29-19-26-27(20-28(29)38-16-6-13-35-14-17-37-18-15-35)32-22-33-31(26)34-24-9-11-25(12-10-24)39-21-23-7-4-3-5-8-23/h2-5,7-12,19-20,22H,1,6,13-18,21H2,(H,32,33,34). The molecule has 0 radical (unpaired) electrons. The van der Waals surface area contributed by atoms with Gasteiger partial charge < -0.3 is 24.3 Å². The molecule has 4 aromatic rings. The number of hydrogen-bond acceptors (Lipinski definition) is 9. The molecule has 206 valence electrons. The molecule has 1 aliphatic heterocycles. The van der Waals surface area contributed by atoms with Gasteiger partial charge in [0.15, 0.2) is 11.5 Å². The number of nitrogens with zero attached hydrogens (tertiary/aromatic N) is 3. The summed E-state index contributed by atoms with van der Waals surface area (Å²) in [5, 5.41) is 4.01. The van der Waals surface area contributed by atoms with Gasteiger partial charge in [-0.05, 0) is 42.3 Å². The van der Waals surface area contributed by atoms with Crippen LogP contribution in [0.4, 0.5) is 11.5 Å². The molecular weight excluding hydrogens is 508 g/mol. The van der Waals surface area contributed by atoms with Crippen LogP contribution in [0.3, 0.4) is 0 Å². The second-order valence-electron chi connectivity index (χ2n) is 9.24. The zero-order chi connectivity index (χ0) is 27.6. The topological polar surface area (TPSA) is 95.0 Å². The van der Waals surface area contributed by atoms with Crippen molar-refractivity contribution in [3.63, 3.8) is 0 Å². The molecule has 0 unspecified atom stereocenters. The Bertz CT molecular complexity index is 1420. The quantitative estimate of drug-likeness (QED) is 0.113. The first-order valence-electron chi connectivity index (χ1n) is 13.3. The van der Waals surface area contributed by atoms with Crippen LogP contribution >= 0.6 is 0 Å². The van der Waals surface area contributed by atoms with E-state index in [9.17, 15) is 4.79 Å². The molecule has 1 aliphatic rings. The highest BCUT2D eigenvalue weighted by Crippen LogP contribution is 2.35. The van der Waals surface area contributed by atoms with Crippen LogP contribution in [-0.4, -0.2) is 60.3 Å². The van der Waals surface area contributed by atoms with Crippen LogP contribution in [0.2, 0.25) is 0 Å². The molecule has 0 spiro atoms. The molecule has 0 amide bonds. The number of ether oxygens (including phenoxy) is 4. The van der Waals surface area contributed by atoms with Crippen molar-refractivity contribution in [3.05, 3.63) is 91.3 Å². The first kappa shape index (κ1) is 27.1. The molecule has 9 nitrogen and oxygen atoms in total. The highest BCUT2D eigenvalue weighted by molar-refractivity contribution is 5.94. The Morgan fingerprint density at radius 2 is 1.80 bits per heavy atom. The van der Waals surface area contributed by atoms with Crippen molar-refractivity contribution in [2.75, 3.05) is 44.8 Å². The first-order chi connectivity index (χ1) is 19.7. The number of hydrogen-bond donors (Lipinski definition) is 1. The Hall–Kier alpha value is -4.47. The molecule has 0 saturated carbocycles. The van der Waals surface area contributed by atoms with Gasteiger partial charge in [-0.25, -0.2) is 14.8 Å². The van der Waals surface area contributed by atoms with Crippen LogP contribution in [-0.2, 0) is 16.1 Å². The number of morpholine rings is 1. The van der Waals surface area contributed by atoms with Gasteiger partial charge in [-0.2, -0.15) is 0 Å². The lowest BCUT2D eigenvalue weighted by atomic mass is 10.2. The lowest BCUT2D eigenvalue weighted by Crippen LogP contribution is -2.37. The molecule has 1 aromatic heterocycles. The number of rotatable bonds is 12. The number of fused-ring (bicyclic) bond motifs is 1. The van der Waals surface area contributed by atoms with E-state index in [1.165, 1.54) is 6.33 Å². The van der Waals surface area contributed by atoms with Crippen molar-refractivity contribution in [1.82, 2.24) is 14.9 Å². The monoisotopic (exact) mass is 540 g/mol. The van der Waals surface area contributed by atoms with E-state index in [1.54, 1.807) is 12.1 Å². The lowest BCUT2D eigenvalue weighted by Gasteiger charge is -2.26. The van der Waals surface area contributed by atoms with Gasteiger partial charge in [0.1, 0.15) is 24.5 Å². The molecule has 0 bridgehead atoms. The Morgan fingerprint density at radius 3 is 2.58 bits per heavy atom. The fraction of sp³-hybridized carbons (Fsp3) is 0.258. The number of aromatic nitrogens is 2. The van der Waals surface area contributed by atoms with Gasteiger partial charge in [0.05, 0.1) is 25.3 Å². The molecule has 1 N–H and O–H groups in total. The van der Waals surface area contributed by atoms with Crippen LogP contribution in [0.25, 0.3) is 10.9 Å². The summed E-state index contributed by atoms with van der Waals surface area (Å²) in [6, 6.07) is 21.1. The predicted octanol–water partition coefficient (Wildman–Crippen LogP) is 5.14. The van der Waals surface area contributed by atoms with Gasteiger partial charge in [-0.1, -0.05) is 36.9 Å². The van der Waals surface area contributed by atoms with Crippen molar-refractivity contribution in [2.24, 2.45) is 0 Å². The van der Waals surface area contributed by atoms with Crippen molar-refractivity contribution >= 4 is 28.4 Å². The maximum atomic E-state index is 12.1. The van der Waals surface area contributed by atoms with Crippen LogP contribution in [0.5, 0.6) is 17.2 Å². The molecule has 1 saturated heterocycles. The summed E-state index contributed by atoms with van der Waals surface area (Å²) >= 11 is 0. The van der Waals surface area contributed by atoms with E-state index < -0.39 is 5.97 Å². The summed E-state index contributed by atoms with van der Waals surface area (Å²) in [6.07, 6.45) is 3.43. The third-order valence-corrected chi connectivity index (χ3v) is 6.42. The molecule has 40 heavy (non-hydrogen) atoms. The van der Waals surface area contributed by atoms with Crippen molar-refractivity contribution in [3.8, 4) is 17.2 Å². The number of carbonyl (C=O) groups excluding carboxylic acids is 1. The zero-order valence-corrected chi connectivity index (χ0v) is 22.3. The van der Waals surface area contributed by atoms with Gasteiger partial charge in [0.25, 0.3) is 0 Å². The van der Waals surface area contributed by atoms with E-state index in [4.69, 9.17) is 18.9 Å². The summed E-state index contributed by atoms with van der Waals surface area (Å²) in [6.45, 7) is 8.75. The maximum absolute atomic E-state index is 12.1. The fourth-order valence-corrected chi connectivity index (χ4v) is 4.31. The molecular formula is C31H32N4O5. The number of carbonyl (C=O) groups is 1. The average Bonchev–Trinajstić information content (AvgIpc) is 3.00. The number of anilines is 2. The third-order valence-electron chi connectivity index (χ3n) is 6.42. The smallest absolute Gasteiger partial charge is 0.335 e. The molecule has 5 rings (SSSR count). The van der Waals surface area contributed by atoms with Crippen molar-refractivity contribution in [1.29, 1.82) is 0 Å². The minimum Gasteiger partial charge on any atom is -0.490 e. The van der Waals surface area contributed by atoms with Gasteiger partial charge in [-0.15, -0.1) is 0 Å². The second kappa shape index (κ2) is 13.5.